The Balaban J connectivity index is 2.01. The Labute approximate surface area is 80.8 Å². The highest BCUT2D eigenvalue weighted by molar-refractivity contribution is 5.42. The van der Waals surface area contributed by atoms with Gasteiger partial charge in [0, 0.05) is 13.1 Å². The minimum absolute atomic E-state index is 0.0179. The number of halogens is 1. The van der Waals surface area contributed by atoms with E-state index in [1.807, 2.05) is 0 Å². The van der Waals surface area contributed by atoms with Crippen molar-refractivity contribution in [1.82, 2.24) is 5.32 Å². The molecule has 1 unspecified atom stereocenters. The summed E-state index contributed by atoms with van der Waals surface area (Å²) in [5.41, 5.74) is 0. The summed E-state index contributed by atoms with van der Waals surface area (Å²) >= 11 is 0. The smallest absolute Gasteiger partial charge is 0.197 e. The molecule has 14 heavy (non-hydrogen) atoms. The fourth-order valence-corrected chi connectivity index (χ4v) is 1.88. The third-order valence-corrected chi connectivity index (χ3v) is 2.58. The number of hydrogen-bond donors (Lipinski definition) is 1. The van der Waals surface area contributed by atoms with Crippen LogP contribution in [0.4, 0.5) is 4.39 Å². The minimum Gasteiger partial charge on any atom is -0.481 e. The van der Waals surface area contributed by atoms with Crippen molar-refractivity contribution in [3.63, 3.8) is 0 Å². The first-order valence-corrected chi connectivity index (χ1v) is 4.67. The molecule has 0 aliphatic carbocycles. The molecule has 2 heterocycles. The zero-order valence-corrected chi connectivity index (χ0v) is 7.50. The summed E-state index contributed by atoms with van der Waals surface area (Å²) in [6.07, 6.45) is -0.0382. The molecule has 3 nitrogen and oxygen atoms in total. The average Bonchev–Trinajstić information content (AvgIpc) is 2.62. The lowest BCUT2D eigenvalue weighted by Gasteiger charge is -2.28. The van der Waals surface area contributed by atoms with Crippen LogP contribution in [-0.4, -0.2) is 25.3 Å². The molecule has 1 N–H and O–H groups in total. The van der Waals surface area contributed by atoms with Crippen LogP contribution in [0, 0.1) is 5.82 Å². The summed E-state index contributed by atoms with van der Waals surface area (Å²) in [5.74, 6) is 0.403. The highest BCUT2D eigenvalue weighted by atomic mass is 19.1. The second-order valence-corrected chi connectivity index (χ2v) is 3.54. The van der Waals surface area contributed by atoms with Crippen molar-refractivity contribution in [1.29, 1.82) is 0 Å². The maximum atomic E-state index is 13.3. The normalized spacial score (nSPS) is 28.6. The van der Waals surface area contributed by atoms with Crippen LogP contribution < -0.4 is 14.8 Å². The van der Waals surface area contributed by atoms with Crippen LogP contribution >= 0.6 is 0 Å². The average molecular weight is 195 g/mol. The summed E-state index contributed by atoms with van der Waals surface area (Å²) in [6, 6.07) is 4.73. The molecule has 2 aliphatic heterocycles. The van der Waals surface area contributed by atoms with Crippen molar-refractivity contribution >= 4 is 0 Å². The molecule has 0 radical (unpaired) electrons. The van der Waals surface area contributed by atoms with E-state index in [2.05, 4.69) is 5.32 Å². The highest BCUT2D eigenvalue weighted by Gasteiger charge is 2.36. The van der Waals surface area contributed by atoms with Gasteiger partial charge in [0.15, 0.2) is 17.3 Å². The Morgan fingerprint density at radius 3 is 2.86 bits per heavy atom. The van der Waals surface area contributed by atoms with Gasteiger partial charge in [-0.1, -0.05) is 6.07 Å². The molecule has 3 rings (SSSR count). The number of para-hydroxylation sites is 1. The minimum atomic E-state index is -0.354. The van der Waals surface area contributed by atoms with Crippen LogP contribution in [0.3, 0.4) is 0 Å². The lowest BCUT2D eigenvalue weighted by Crippen LogP contribution is -2.38. The largest absolute Gasteiger partial charge is 0.481 e. The first kappa shape index (κ1) is 8.05. The van der Waals surface area contributed by atoms with E-state index in [0.29, 0.717) is 5.75 Å². The number of hydrogen-bond acceptors (Lipinski definition) is 3. The van der Waals surface area contributed by atoms with Crippen molar-refractivity contribution in [3.05, 3.63) is 24.0 Å². The van der Waals surface area contributed by atoms with Crippen molar-refractivity contribution in [2.24, 2.45) is 0 Å². The van der Waals surface area contributed by atoms with Gasteiger partial charge < -0.3 is 14.8 Å². The van der Waals surface area contributed by atoms with Crippen molar-refractivity contribution in [2.75, 3.05) is 13.1 Å². The summed E-state index contributed by atoms with van der Waals surface area (Å²) in [4.78, 5) is 0. The number of nitrogens with one attached hydrogen (secondary N) is 1. The zero-order valence-electron chi connectivity index (χ0n) is 7.50. The molecule has 2 aliphatic rings. The van der Waals surface area contributed by atoms with Gasteiger partial charge in [0.05, 0.1) is 0 Å². The monoisotopic (exact) mass is 195 g/mol. The number of benzene rings is 1. The molecule has 74 valence electrons. The molecular weight excluding hydrogens is 185 g/mol. The first-order chi connectivity index (χ1) is 6.84. The van der Waals surface area contributed by atoms with Gasteiger partial charge in [-0.15, -0.1) is 0 Å². The lowest BCUT2D eigenvalue weighted by atomic mass is 10.2. The Morgan fingerprint density at radius 2 is 2.00 bits per heavy atom. The van der Waals surface area contributed by atoms with Crippen molar-refractivity contribution in [3.8, 4) is 11.5 Å². The maximum Gasteiger partial charge on any atom is 0.197 e. The third kappa shape index (κ3) is 1.07. The van der Waals surface area contributed by atoms with Crippen LogP contribution in [0.2, 0.25) is 0 Å². The topological polar surface area (TPSA) is 30.5 Å². The molecule has 0 amide bonds. The Kier molecular flexibility index (Phi) is 1.64. The number of ether oxygens (including phenoxy) is 2. The Hall–Kier alpha value is -1.29. The Bertz CT molecular complexity index is 369. The van der Waals surface area contributed by atoms with E-state index in [9.17, 15) is 4.39 Å². The summed E-state index contributed by atoms with van der Waals surface area (Å²) < 4.78 is 24.4. The van der Waals surface area contributed by atoms with E-state index in [1.165, 1.54) is 6.07 Å². The van der Waals surface area contributed by atoms with Crippen molar-refractivity contribution in [2.45, 2.75) is 12.2 Å². The van der Waals surface area contributed by atoms with Gasteiger partial charge in [-0.3, -0.25) is 0 Å². The number of rotatable bonds is 0. The molecule has 0 saturated carbocycles. The van der Waals surface area contributed by atoms with Crippen LogP contribution in [0.25, 0.3) is 0 Å². The Morgan fingerprint density at radius 1 is 1.21 bits per heavy atom. The van der Waals surface area contributed by atoms with Gasteiger partial charge in [-0.25, -0.2) is 4.39 Å². The highest BCUT2D eigenvalue weighted by Crippen LogP contribution is 2.36. The summed E-state index contributed by atoms with van der Waals surface area (Å²) in [7, 11) is 0. The van der Waals surface area contributed by atoms with Crippen molar-refractivity contribution < 1.29 is 13.9 Å². The van der Waals surface area contributed by atoms with Gasteiger partial charge in [0.2, 0.25) is 0 Å². The molecule has 2 atom stereocenters. The molecule has 0 bridgehead atoms. The molecule has 0 spiro atoms. The lowest BCUT2D eigenvalue weighted by molar-refractivity contribution is 0.0510. The van der Waals surface area contributed by atoms with Gasteiger partial charge >= 0.3 is 0 Å². The third-order valence-electron chi connectivity index (χ3n) is 2.58. The van der Waals surface area contributed by atoms with E-state index < -0.39 is 0 Å². The van der Waals surface area contributed by atoms with E-state index in [0.717, 1.165) is 13.1 Å². The SMILES string of the molecule is Fc1cccc2c1OC1CNC[C@@H]1O2. The fraction of sp³-hybridized carbons (Fsp3) is 0.400. The maximum absolute atomic E-state index is 13.3. The fourth-order valence-electron chi connectivity index (χ4n) is 1.88. The summed E-state index contributed by atoms with van der Waals surface area (Å²) in [5, 5.41) is 3.15. The molecule has 1 saturated heterocycles. The van der Waals surface area contributed by atoms with E-state index >= 15 is 0 Å². The molecule has 4 heteroatoms. The van der Waals surface area contributed by atoms with E-state index in [4.69, 9.17) is 9.47 Å². The van der Waals surface area contributed by atoms with E-state index in [-0.39, 0.29) is 23.8 Å². The molecule has 1 fully saturated rings. The van der Waals surface area contributed by atoms with Gasteiger partial charge in [0.25, 0.3) is 0 Å². The van der Waals surface area contributed by atoms with Gasteiger partial charge in [0.1, 0.15) is 12.2 Å². The molecular formula is C10H10FNO2. The first-order valence-electron chi connectivity index (χ1n) is 4.67. The predicted octanol–water partition coefficient (Wildman–Crippen LogP) is 0.937. The second-order valence-electron chi connectivity index (χ2n) is 3.54. The van der Waals surface area contributed by atoms with Crippen LogP contribution in [0.1, 0.15) is 0 Å². The standard InChI is InChI=1S/C10H10FNO2/c11-6-2-1-3-7-10(6)14-9-5-12-4-8(9)13-7/h1-3,8-9,12H,4-5H2/t8-,9?/m0/s1. The second kappa shape index (κ2) is 2.85. The van der Waals surface area contributed by atoms with E-state index in [1.54, 1.807) is 12.1 Å². The van der Waals surface area contributed by atoms with Crippen LogP contribution in [0.5, 0.6) is 11.5 Å². The zero-order chi connectivity index (χ0) is 9.54. The molecule has 1 aromatic carbocycles. The quantitative estimate of drug-likeness (QED) is 0.668. The predicted molar refractivity (Wildman–Crippen MR) is 48.1 cm³/mol. The number of fused-ring (bicyclic) bond motifs is 2. The summed E-state index contributed by atoms with van der Waals surface area (Å²) in [6.45, 7) is 1.49. The van der Waals surface area contributed by atoms with Gasteiger partial charge in [-0.05, 0) is 12.1 Å². The molecule has 1 aromatic rings. The van der Waals surface area contributed by atoms with Gasteiger partial charge in [-0.2, -0.15) is 0 Å². The van der Waals surface area contributed by atoms with Crippen LogP contribution in [0.15, 0.2) is 18.2 Å². The van der Waals surface area contributed by atoms with Crippen LogP contribution in [-0.2, 0) is 0 Å². The molecule has 0 aromatic heterocycles.